The summed E-state index contributed by atoms with van der Waals surface area (Å²) in [6.07, 6.45) is 8.11. The molecule has 0 spiro atoms. The van der Waals surface area contributed by atoms with Crippen LogP contribution in [-0.4, -0.2) is 29.1 Å². The lowest BCUT2D eigenvalue weighted by atomic mass is 9.48. The number of hydrogen-bond acceptors (Lipinski definition) is 4. The third-order valence-electron chi connectivity index (χ3n) is 8.12. The fourth-order valence-corrected chi connectivity index (χ4v) is 6.75. The molecule has 0 radical (unpaired) electrons. The van der Waals surface area contributed by atoms with Crippen LogP contribution in [0.1, 0.15) is 65.7 Å². The lowest BCUT2D eigenvalue weighted by Gasteiger charge is -2.56. The molecule has 3 saturated carbocycles. The summed E-state index contributed by atoms with van der Waals surface area (Å²) in [5.74, 6) is 1.29. The average molecular weight is 346 g/mol. The van der Waals surface area contributed by atoms with Crippen LogP contribution in [0.25, 0.3) is 0 Å². The topological polar surface area (TPSA) is 63.6 Å². The smallest absolute Gasteiger partial charge is 0.302 e. The van der Waals surface area contributed by atoms with Crippen molar-refractivity contribution in [3.05, 3.63) is 11.6 Å². The number of aliphatic hydroxyl groups is 1. The van der Waals surface area contributed by atoms with E-state index in [4.69, 9.17) is 4.74 Å². The largest absolute Gasteiger partial charge is 0.462 e. The predicted molar refractivity (Wildman–Crippen MR) is 93.7 cm³/mol. The maximum Gasteiger partial charge on any atom is 0.302 e. The van der Waals surface area contributed by atoms with E-state index in [1.165, 1.54) is 12.5 Å². The van der Waals surface area contributed by atoms with Crippen LogP contribution in [0.5, 0.6) is 0 Å². The van der Waals surface area contributed by atoms with Crippen LogP contribution in [0, 0.1) is 28.6 Å². The standard InChI is InChI=1S/C21H30O4/c1-12(22)25-14-6-8-20(2)13(10-14)4-5-15-16(20)7-9-21(3)17(15)11-18(23)19(21)24/h4,14-18,23H,5-11H2,1-3H3/t14-,15?,16?,17?,18+,20-,21-/m0/s1. The minimum absolute atomic E-state index is 0.0251. The van der Waals surface area contributed by atoms with Crippen molar-refractivity contribution < 1.29 is 19.4 Å². The number of Topliss-reactive ketones (excluding diaryl/α,β-unsaturated/α-hetero) is 1. The molecule has 4 aliphatic carbocycles. The van der Waals surface area contributed by atoms with Crippen molar-refractivity contribution in [2.75, 3.05) is 0 Å². The van der Waals surface area contributed by atoms with Gasteiger partial charge in [-0.3, -0.25) is 9.59 Å². The molecule has 0 aromatic heterocycles. The Bertz CT molecular complexity index is 638. The Morgan fingerprint density at radius 1 is 1.20 bits per heavy atom. The summed E-state index contributed by atoms with van der Waals surface area (Å²) in [4.78, 5) is 23.8. The van der Waals surface area contributed by atoms with Gasteiger partial charge in [0.05, 0.1) is 0 Å². The van der Waals surface area contributed by atoms with Gasteiger partial charge in [0, 0.05) is 18.8 Å². The van der Waals surface area contributed by atoms with Crippen molar-refractivity contribution >= 4 is 11.8 Å². The van der Waals surface area contributed by atoms with Crippen LogP contribution in [0.4, 0.5) is 0 Å². The molecule has 0 heterocycles. The number of carbonyl (C=O) groups is 2. The SMILES string of the molecule is CC(=O)O[C@H]1CC[C@@]2(C)C(=CCC3C2CC[C@]2(C)C(=O)[C@H](O)CC32)C1. The zero-order valence-corrected chi connectivity index (χ0v) is 15.6. The first kappa shape index (κ1) is 17.3. The summed E-state index contributed by atoms with van der Waals surface area (Å²) in [6, 6.07) is 0. The van der Waals surface area contributed by atoms with Crippen LogP contribution in [0.2, 0.25) is 0 Å². The van der Waals surface area contributed by atoms with Crippen molar-refractivity contribution in [1.29, 1.82) is 0 Å². The Morgan fingerprint density at radius 2 is 1.92 bits per heavy atom. The predicted octanol–water partition coefficient (Wildman–Crippen LogP) is 3.42. The maximum absolute atomic E-state index is 12.5. The summed E-state index contributed by atoms with van der Waals surface area (Å²) >= 11 is 0. The molecule has 25 heavy (non-hydrogen) atoms. The number of carbonyl (C=O) groups excluding carboxylic acids is 2. The van der Waals surface area contributed by atoms with E-state index in [0.717, 1.165) is 38.5 Å². The first-order valence-electron chi connectivity index (χ1n) is 9.85. The van der Waals surface area contributed by atoms with E-state index < -0.39 is 6.10 Å². The number of esters is 1. The molecule has 4 heteroatoms. The minimum Gasteiger partial charge on any atom is -0.462 e. The number of fused-ring (bicyclic) bond motifs is 5. The van der Waals surface area contributed by atoms with Gasteiger partial charge in [-0.15, -0.1) is 0 Å². The van der Waals surface area contributed by atoms with E-state index >= 15 is 0 Å². The third-order valence-corrected chi connectivity index (χ3v) is 8.12. The third kappa shape index (κ3) is 2.43. The molecule has 3 unspecified atom stereocenters. The Kier molecular flexibility index (Phi) is 3.91. The van der Waals surface area contributed by atoms with E-state index in [1.54, 1.807) is 0 Å². The van der Waals surface area contributed by atoms with Gasteiger partial charge in [-0.1, -0.05) is 25.5 Å². The molecule has 0 aromatic rings. The van der Waals surface area contributed by atoms with Gasteiger partial charge < -0.3 is 9.84 Å². The van der Waals surface area contributed by atoms with Gasteiger partial charge in [-0.05, 0) is 61.7 Å². The zero-order valence-electron chi connectivity index (χ0n) is 15.6. The maximum atomic E-state index is 12.5. The van der Waals surface area contributed by atoms with Gasteiger partial charge in [0.1, 0.15) is 12.2 Å². The molecule has 4 rings (SSSR count). The number of ketones is 1. The summed E-state index contributed by atoms with van der Waals surface area (Å²) in [6.45, 7) is 5.96. The van der Waals surface area contributed by atoms with Crippen LogP contribution in [-0.2, 0) is 14.3 Å². The van der Waals surface area contributed by atoms with Crippen molar-refractivity contribution in [2.24, 2.45) is 28.6 Å². The molecule has 1 N–H and O–H groups in total. The average Bonchev–Trinajstić information content (AvgIpc) is 2.78. The fourth-order valence-electron chi connectivity index (χ4n) is 6.75. The highest BCUT2D eigenvalue weighted by Crippen LogP contribution is 2.64. The Hall–Kier alpha value is -1.16. The summed E-state index contributed by atoms with van der Waals surface area (Å²) in [5.41, 5.74) is 1.30. The quantitative estimate of drug-likeness (QED) is 0.584. The van der Waals surface area contributed by atoms with Crippen LogP contribution in [0.3, 0.4) is 0 Å². The van der Waals surface area contributed by atoms with Gasteiger partial charge in [0.15, 0.2) is 5.78 Å². The number of hydrogen-bond donors (Lipinski definition) is 1. The first-order chi connectivity index (χ1) is 11.8. The van der Waals surface area contributed by atoms with E-state index in [1.807, 2.05) is 0 Å². The van der Waals surface area contributed by atoms with Crippen molar-refractivity contribution in [2.45, 2.75) is 77.9 Å². The number of ether oxygens (including phenoxy) is 1. The lowest BCUT2D eigenvalue weighted by molar-refractivity contribution is -0.148. The highest BCUT2D eigenvalue weighted by atomic mass is 16.5. The zero-order chi connectivity index (χ0) is 18.0. The molecule has 0 aromatic carbocycles. The van der Waals surface area contributed by atoms with Gasteiger partial charge in [0.2, 0.25) is 0 Å². The van der Waals surface area contributed by atoms with Crippen LogP contribution < -0.4 is 0 Å². The van der Waals surface area contributed by atoms with Crippen LogP contribution >= 0.6 is 0 Å². The van der Waals surface area contributed by atoms with Gasteiger partial charge in [0.25, 0.3) is 0 Å². The van der Waals surface area contributed by atoms with E-state index in [9.17, 15) is 14.7 Å². The van der Waals surface area contributed by atoms with Gasteiger partial charge >= 0.3 is 5.97 Å². The van der Waals surface area contributed by atoms with E-state index in [0.29, 0.717) is 24.2 Å². The Morgan fingerprint density at radius 3 is 2.64 bits per heavy atom. The molecule has 0 saturated heterocycles. The van der Waals surface area contributed by atoms with Gasteiger partial charge in [-0.25, -0.2) is 0 Å². The minimum atomic E-state index is -0.758. The highest BCUT2D eigenvalue weighted by Gasteiger charge is 2.61. The van der Waals surface area contributed by atoms with E-state index in [-0.39, 0.29) is 28.7 Å². The first-order valence-corrected chi connectivity index (χ1v) is 9.85. The second kappa shape index (κ2) is 5.67. The fraction of sp³-hybridized carbons (Fsp3) is 0.810. The Labute approximate surface area is 150 Å². The normalized spacial score (nSPS) is 48.9. The highest BCUT2D eigenvalue weighted by molar-refractivity contribution is 5.91. The molecular formula is C21H30O4. The second-order valence-corrected chi connectivity index (χ2v) is 9.31. The lowest BCUT2D eigenvalue weighted by Crippen LogP contribution is -2.50. The molecule has 0 bridgehead atoms. The summed E-state index contributed by atoms with van der Waals surface area (Å²) in [5, 5.41) is 10.2. The monoisotopic (exact) mass is 346 g/mol. The molecule has 138 valence electrons. The molecule has 0 amide bonds. The van der Waals surface area contributed by atoms with E-state index in [2.05, 4.69) is 19.9 Å². The molecule has 4 nitrogen and oxygen atoms in total. The summed E-state index contributed by atoms with van der Waals surface area (Å²) in [7, 11) is 0. The van der Waals surface area contributed by atoms with Crippen molar-refractivity contribution in [1.82, 2.24) is 0 Å². The molecule has 0 aliphatic heterocycles. The number of rotatable bonds is 1. The molecule has 7 atom stereocenters. The molecular weight excluding hydrogens is 316 g/mol. The summed E-state index contributed by atoms with van der Waals surface area (Å²) < 4.78 is 5.48. The van der Waals surface area contributed by atoms with Gasteiger partial charge in [-0.2, -0.15) is 0 Å². The number of aliphatic hydroxyl groups excluding tert-OH is 1. The van der Waals surface area contributed by atoms with Crippen molar-refractivity contribution in [3.63, 3.8) is 0 Å². The van der Waals surface area contributed by atoms with Crippen LogP contribution in [0.15, 0.2) is 11.6 Å². The molecule has 4 aliphatic rings. The second-order valence-electron chi connectivity index (χ2n) is 9.31. The Balaban J connectivity index is 1.61. The molecule has 3 fully saturated rings. The number of allylic oxidation sites excluding steroid dienone is 1. The van der Waals surface area contributed by atoms with Crippen molar-refractivity contribution in [3.8, 4) is 0 Å².